The van der Waals surface area contributed by atoms with Crippen LogP contribution in [0.2, 0.25) is 10.0 Å². The fraction of sp³-hybridized carbons (Fsp3) is 0.222. The van der Waals surface area contributed by atoms with E-state index in [1.54, 1.807) is 0 Å². The molecule has 1 heterocycles. The molecule has 0 fully saturated rings. The Kier molecular flexibility index (Phi) is 5.25. The number of ether oxygens (including phenoxy) is 1. The second-order valence-electron chi connectivity index (χ2n) is 5.49. The number of aromatic nitrogens is 2. The van der Waals surface area contributed by atoms with E-state index in [1.807, 2.05) is 6.92 Å². The molecule has 7 heteroatoms. The standard InChI is InChI=1S/C18H15Cl2FN2O2/c1-2-3-8-25-17-14(20)9-13(19)15-16(17)22-10-23(18(15)24)12-6-4-11(21)5-7-12/h4-7,9-10H,2-3,8H2,1H3. The van der Waals surface area contributed by atoms with Crippen LogP contribution in [0.25, 0.3) is 16.6 Å². The largest absolute Gasteiger partial charge is 0.490 e. The van der Waals surface area contributed by atoms with Crippen LogP contribution in [0, 0.1) is 5.82 Å². The van der Waals surface area contributed by atoms with Gasteiger partial charge in [0.1, 0.15) is 17.7 Å². The highest BCUT2D eigenvalue weighted by atomic mass is 35.5. The molecule has 0 unspecified atom stereocenters. The number of hydrogen-bond acceptors (Lipinski definition) is 3. The fourth-order valence-corrected chi connectivity index (χ4v) is 3.03. The zero-order valence-corrected chi connectivity index (χ0v) is 14.9. The number of halogens is 3. The van der Waals surface area contributed by atoms with E-state index in [-0.39, 0.29) is 21.8 Å². The molecule has 0 atom stereocenters. The maximum Gasteiger partial charge on any atom is 0.267 e. The average Bonchev–Trinajstić information content (AvgIpc) is 2.58. The summed E-state index contributed by atoms with van der Waals surface area (Å²) in [6.07, 6.45) is 3.18. The first-order valence-electron chi connectivity index (χ1n) is 7.81. The van der Waals surface area contributed by atoms with Gasteiger partial charge in [0.25, 0.3) is 5.56 Å². The third kappa shape index (κ3) is 3.48. The van der Waals surface area contributed by atoms with E-state index in [9.17, 15) is 9.18 Å². The van der Waals surface area contributed by atoms with Gasteiger partial charge in [0.2, 0.25) is 0 Å². The van der Waals surface area contributed by atoms with Crippen LogP contribution < -0.4 is 10.3 Å². The second-order valence-corrected chi connectivity index (χ2v) is 6.31. The molecular weight excluding hydrogens is 366 g/mol. The summed E-state index contributed by atoms with van der Waals surface area (Å²) in [5, 5.41) is 0.709. The molecule has 0 N–H and O–H groups in total. The number of rotatable bonds is 5. The van der Waals surface area contributed by atoms with E-state index in [2.05, 4.69) is 4.98 Å². The second kappa shape index (κ2) is 7.42. The summed E-state index contributed by atoms with van der Waals surface area (Å²) in [6.45, 7) is 2.51. The summed E-state index contributed by atoms with van der Waals surface area (Å²) in [4.78, 5) is 17.2. The van der Waals surface area contributed by atoms with Crippen molar-refractivity contribution in [3.63, 3.8) is 0 Å². The molecule has 1 aromatic heterocycles. The van der Waals surface area contributed by atoms with Crippen molar-refractivity contribution in [2.75, 3.05) is 6.61 Å². The Morgan fingerprint density at radius 3 is 2.60 bits per heavy atom. The molecule has 130 valence electrons. The van der Waals surface area contributed by atoms with E-state index in [0.29, 0.717) is 28.6 Å². The zero-order chi connectivity index (χ0) is 18.0. The lowest BCUT2D eigenvalue weighted by molar-refractivity contribution is 0.312. The van der Waals surface area contributed by atoms with Crippen LogP contribution in [0.15, 0.2) is 41.5 Å². The third-order valence-corrected chi connectivity index (χ3v) is 4.32. The molecule has 2 aromatic carbocycles. The fourth-order valence-electron chi connectivity index (χ4n) is 2.45. The monoisotopic (exact) mass is 380 g/mol. The minimum atomic E-state index is -0.387. The van der Waals surface area contributed by atoms with Crippen molar-refractivity contribution < 1.29 is 9.13 Å². The van der Waals surface area contributed by atoms with Gasteiger partial charge in [-0.2, -0.15) is 0 Å². The number of unbranched alkanes of at least 4 members (excludes halogenated alkanes) is 1. The molecule has 0 aliphatic heterocycles. The normalized spacial score (nSPS) is 11.0. The zero-order valence-electron chi connectivity index (χ0n) is 13.4. The van der Waals surface area contributed by atoms with Crippen LogP contribution in [0.1, 0.15) is 19.8 Å². The van der Waals surface area contributed by atoms with Gasteiger partial charge in [-0.3, -0.25) is 9.36 Å². The first-order valence-corrected chi connectivity index (χ1v) is 8.56. The van der Waals surface area contributed by atoms with Gasteiger partial charge < -0.3 is 4.74 Å². The van der Waals surface area contributed by atoms with Crippen LogP contribution in [-0.4, -0.2) is 16.2 Å². The van der Waals surface area contributed by atoms with Crippen LogP contribution in [0.4, 0.5) is 4.39 Å². The number of hydrogen-bond donors (Lipinski definition) is 0. The van der Waals surface area contributed by atoms with Gasteiger partial charge in [-0.25, -0.2) is 9.37 Å². The Bertz CT molecular complexity index is 971. The van der Waals surface area contributed by atoms with Crippen molar-refractivity contribution in [1.82, 2.24) is 9.55 Å². The Balaban J connectivity index is 2.18. The molecule has 0 radical (unpaired) electrons. The van der Waals surface area contributed by atoms with E-state index < -0.39 is 0 Å². The Labute approximate surface area is 153 Å². The van der Waals surface area contributed by atoms with Crippen LogP contribution >= 0.6 is 23.2 Å². The van der Waals surface area contributed by atoms with Gasteiger partial charge in [-0.15, -0.1) is 0 Å². The number of nitrogens with zero attached hydrogens (tertiary/aromatic N) is 2. The van der Waals surface area contributed by atoms with Crippen LogP contribution in [0.5, 0.6) is 5.75 Å². The molecule has 0 amide bonds. The maximum atomic E-state index is 13.1. The van der Waals surface area contributed by atoms with E-state index >= 15 is 0 Å². The molecule has 3 aromatic rings. The minimum Gasteiger partial charge on any atom is -0.490 e. The van der Waals surface area contributed by atoms with Gasteiger partial charge in [0.15, 0.2) is 5.75 Å². The van der Waals surface area contributed by atoms with Crippen molar-refractivity contribution in [2.45, 2.75) is 19.8 Å². The Hall–Kier alpha value is -2.11. The minimum absolute atomic E-state index is 0.191. The molecular formula is C18H15Cl2FN2O2. The van der Waals surface area contributed by atoms with E-state index in [1.165, 1.54) is 41.2 Å². The lowest BCUT2D eigenvalue weighted by Crippen LogP contribution is -2.19. The predicted octanol–water partition coefficient (Wildman–Crippen LogP) is 5.01. The molecule has 25 heavy (non-hydrogen) atoms. The SMILES string of the molecule is CCCCOc1c(Cl)cc(Cl)c2c(=O)n(-c3ccc(F)cc3)cnc12. The number of fused-ring (bicyclic) bond motifs is 1. The van der Waals surface area contributed by atoms with Crippen LogP contribution in [-0.2, 0) is 0 Å². The average molecular weight is 381 g/mol. The third-order valence-electron chi connectivity index (χ3n) is 3.75. The summed E-state index contributed by atoms with van der Waals surface area (Å²) >= 11 is 12.4. The summed E-state index contributed by atoms with van der Waals surface area (Å²) in [5.74, 6) is -0.0418. The van der Waals surface area contributed by atoms with Gasteiger partial charge in [0, 0.05) is 0 Å². The van der Waals surface area contributed by atoms with Crippen molar-refractivity contribution in [1.29, 1.82) is 0 Å². The van der Waals surface area contributed by atoms with Crippen molar-refractivity contribution in [2.24, 2.45) is 0 Å². The lowest BCUT2D eigenvalue weighted by Gasteiger charge is -2.13. The lowest BCUT2D eigenvalue weighted by atomic mass is 10.2. The first kappa shape index (κ1) is 17.7. The summed E-state index contributed by atoms with van der Waals surface area (Å²) < 4.78 is 20.1. The molecule has 3 rings (SSSR count). The van der Waals surface area contributed by atoms with Crippen molar-refractivity contribution >= 4 is 34.1 Å². The summed E-state index contributed by atoms with van der Waals surface area (Å²) in [5.41, 5.74) is 0.427. The molecule has 4 nitrogen and oxygen atoms in total. The quantitative estimate of drug-likeness (QED) is 0.584. The molecule has 0 bridgehead atoms. The van der Waals surface area contributed by atoms with Crippen LogP contribution in [0.3, 0.4) is 0 Å². The molecule has 0 aliphatic carbocycles. The highest BCUT2D eigenvalue weighted by molar-refractivity contribution is 6.39. The molecule has 0 spiro atoms. The van der Waals surface area contributed by atoms with Gasteiger partial charge in [0.05, 0.1) is 27.7 Å². The van der Waals surface area contributed by atoms with Gasteiger partial charge >= 0.3 is 0 Å². The summed E-state index contributed by atoms with van der Waals surface area (Å²) in [7, 11) is 0. The van der Waals surface area contributed by atoms with Gasteiger partial charge in [-0.05, 0) is 36.8 Å². The topological polar surface area (TPSA) is 44.1 Å². The van der Waals surface area contributed by atoms with Gasteiger partial charge in [-0.1, -0.05) is 36.5 Å². The Morgan fingerprint density at radius 2 is 1.92 bits per heavy atom. The highest BCUT2D eigenvalue weighted by Gasteiger charge is 2.17. The van der Waals surface area contributed by atoms with Crippen molar-refractivity contribution in [3.05, 3.63) is 62.9 Å². The molecule has 0 saturated carbocycles. The van der Waals surface area contributed by atoms with E-state index in [4.69, 9.17) is 27.9 Å². The maximum absolute atomic E-state index is 13.1. The van der Waals surface area contributed by atoms with Crippen molar-refractivity contribution in [3.8, 4) is 11.4 Å². The molecule has 0 saturated heterocycles. The highest BCUT2D eigenvalue weighted by Crippen LogP contribution is 2.35. The summed E-state index contributed by atoms with van der Waals surface area (Å²) in [6, 6.07) is 7.01. The molecule has 0 aliphatic rings. The Morgan fingerprint density at radius 1 is 1.20 bits per heavy atom. The predicted molar refractivity (Wildman–Crippen MR) is 97.7 cm³/mol. The first-order chi connectivity index (χ1) is 12.0. The smallest absolute Gasteiger partial charge is 0.267 e. The number of benzene rings is 2. The van der Waals surface area contributed by atoms with E-state index in [0.717, 1.165) is 12.8 Å².